The topological polar surface area (TPSA) is 104 Å². The van der Waals surface area contributed by atoms with Gasteiger partial charge in [-0.1, -0.05) is 18.7 Å². The summed E-state index contributed by atoms with van der Waals surface area (Å²) in [6.07, 6.45) is 1.74. The lowest BCUT2D eigenvalue weighted by molar-refractivity contribution is -0.118. The molecular weight excluding hydrogens is 292 g/mol. The molecule has 1 aliphatic heterocycles. The van der Waals surface area contributed by atoms with Crippen molar-refractivity contribution in [3.05, 3.63) is 5.82 Å². The van der Waals surface area contributed by atoms with Gasteiger partial charge in [0.15, 0.2) is 0 Å². The third kappa shape index (κ3) is 5.27. The number of hydrogen-bond donors (Lipinski definition) is 4. The number of rotatable bonds is 8. The van der Waals surface area contributed by atoms with Crippen molar-refractivity contribution >= 4 is 17.7 Å². The summed E-state index contributed by atoms with van der Waals surface area (Å²) in [6, 6.07) is 0.529. The van der Waals surface area contributed by atoms with E-state index in [9.17, 15) is 4.79 Å². The number of aryl methyl sites for hydroxylation is 1. The SMILES string of the molecule is CCc1nc(SCC(=O)NCC2CC(COC)NN2)n[nH]1. The first-order chi connectivity index (χ1) is 10.2. The van der Waals surface area contributed by atoms with Crippen molar-refractivity contribution in [3.8, 4) is 0 Å². The fourth-order valence-corrected chi connectivity index (χ4v) is 2.71. The zero-order valence-corrected chi connectivity index (χ0v) is 13.1. The van der Waals surface area contributed by atoms with Gasteiger partial charge in [0.05, 0.1) is 12.4 Å². The van der Waals surface area contributed by atoms with Crippen molar-refractivity contribution in [2.75, 3.05) is 26.0 Å². The first kappa shape index (κ1) is 16.2. The summed E-state index contributed by atoms with van der Waals surface area (Å²) in [7, 11) is 1.68. The molecule has 1 amide bonds. The van der Waals surface area contributed by atoms with Gasteiger partial charge in [-0.3, -0.25) is 20.7 Å². The summed E-state index contributed by atoms with van der Waals surface area (Å²) in [4.78, 5) is 16.0. The maximum absolute atomic E-state index is 11.8. The minimum absolute atomic E-state index is 0.0140. The molecule has 118 valence electrons. The molecule has 1 fully saturated rings. The zero-order chi connectivity index (χ0) is 15.1. The van der Waals surface area contributed by atoms with Gasteiger partial charge in [0.1, 0.15) is 5.82 Å². The number of amides is 1. The predicted octanol–water partition coefficient (Wildman–Crippen LogP) is -0.543. The average Bonchev–Trinajstić information content (AvgIpc) is 3.12. The van der Waals surface area contributed by atoms with Crippen LogP contribution in [0.3, 0.4) is 0 Å². The van der Waals surface area contributed by atoms with Crippen LogP contribution < -0.4 is 16.2 Å². The fourth-order valence-electron chi connectivity index (χ4n) is 2.06. The van der Waals surface area contributed by atoms with E-state index in [0.717, 1.165) is 18.7 Å². The number of nitrogens with zero attached hydrogens (tertiary/aromatic N) is 2. The molecule has 8 nitrogen and oxygen atoms in total. The van der Waals surface area contributed by atoms with Crippen molar-refractivity contribution < 1.29 is 9.53 Å². The highest BCUT2D eigenvalue weighted by molar-refractivity contribution is 7.99. The molecule has 0 spiro atoms. The molecule has 1 aromatic rings. The third-order valence-corrected chi connectivity index (χ3v) is 4.00. The molecule has 2 rings (SSSR count). The fraction of sp³-hybridized carbons (Fsp3) is 0.750. The van der Waals surface area contributed by atoms with Crippen LogP contribution in [0, 0.1) is 0 Å². The van der Waals surface area contributed by atoms with Crippen LogP contribution >= 0.6 is 11.8 Å². The lowest BCUT2D eigenvalue weighted by Crippen LogP contribution is -2.41. The predicted molar refractivity (Wildman–Crippen MR) is 79.8 cm³/mol. The summed E-state index contributed by atoms with van der Waals surface area (Å²) in [5, 5.41) is 10.4. The van der Waals surface area contributed by atoms with Crippen LogP contribution in [-0.2, 0) is 16.0 Å². The normalized spacial score (nSPS) is 21.6. The Bertz CT molecular complexity index is 455. The van der Waals surface area contributed by atoms with Crippen LogP contribution in [0.1, 0.15) is 19.2 Å². The first-order valence-electron chi connectivity index (χ1n) is 7.02. The van der Waals surface area contributed by atoms with Crippen molar-refractivity contribution in [3.63, 3.8) is 0 Å². The number of aromatic nitrogens is 3. The minimum Gasteiger partial charge on any atom is -0.383 e. The van der Waals surface area contributed by atoms with Gasteiger partial charge in [0.25, 0.3) is 0 Å². The maximum atomic E-state index is 11.8. The van der Waals surface area contributed by atoms with Crippen molar-refractivity contribution in [2.45, 2.75) is 37.0 Å². The molecule has 2 atom stereocenters. The Hall–Kier alpha value is -1.16. The quantitative estimate of drug-likeness (QED) is 0.478. The average molecular weight is 314 g/mol. The van der Waals surface area contributed by atoms with Crippen LogP contribution in [0.15, 0.2) is 5.16 Å². The highest BCUT2D eigenvalue weighted by Crippen LogP contribution is 2.11. The number of methoxy groups -OCH3 is 1. The summed E-state index contributed by atoms with van der Waals surface area (Å²) < 4.78 is 5.09. The Labute approximate surface area is 128 Å². The van der Waals surface area contributed by atoms with Gasteiger partial charge in [-0.15, -0.1) is 5.10 Å². The summed E-state index contributed by atoms with van der Waals surface area (Å²) in [6.45, 7) is 3.26. The molecular formula is C12H22N6O2S. The van der Waals surface area contributed by atoms with Crippen molar-refractivity contribution in [2.24, 2.45) is 0 Å². The van der Waals surface area contributed by atoms with E-state index in [1.165, 1.54) is 11.8 Å². The molecule has 0 bridgehead atoms. The summed E-state index contributed by atoms with van der Waals surface area (Å²) >= 11 is 1.33. The van der Waals surface area contributed by atoms with Gasteiger partial charge in [-0.25, -0.2) is 4.98 Å². The molecule has 21 heavy (non-hydrogen) atoms. The monoisotopic (exact) mass is 314 g/mol. The van der Waals surface area contributed by atoms with Crippen LogP contribution in [0.2, 0.25) is 0 Å². The lowest BCUT2D eigenvalue weighted by Gasteiger charge is -2.10. The van der Waals surface area contributed by atoms with Crippen molar-refractivity contribution in [1.29, 1.82) is 0 Å². The van der Waals surface area contributed by atoms with Gasteiger partial charge >= 0.3 is 0 Å². The molecule has 4 N–H and O–H groups in total. The van der Waals surface area contributed by atoms with Crippen molar-refractivity contribution in [1.82, 2.24) is 31.3 Å². The largest absolute Gasteiger partial charge is 0.383 e. The van der Waals surface area contributed by atoms with Crippen LogP contribution in [0.5, 0.6) is 0 Å². The van der Waals surface area contributed by atoms with Gasteiger partial charge in [-0.05, 0) is 6.42 Å². The second kappa shape index (κ2) is 8.32. The third-order valence-electron chi connectivity index (χ3n) is 3.15. The minimum atomic E-state index is -0.0140. The Balaban J connectivity index is 1.61. The van der Waals surface area contributed by atoms with E-state index in [4.69, 9.17) is 4.74 Å². The molecule has 0 radical (unpaired) electrons. The molecule has 0 saturated carbocycles. The highest BCUT2D eigenvalue weighted by atomic mass is 32.2. The van der Waals surface area contributed by atoms with E-state index in [-0.39, 0.29) is 11.9 Å². The number of H-pyrrole nitrogens is 1. The first-order valence-corrected chi connectivity index (χ1v) is 8.00. The Morgan fingerprint density at radius 3 is 3.00 bits per heavy atom. The van der Waals surface area contributed by atoms with Crippen LogP contribution in [-0.4, -0.2) is 59.2 Å². The summed E-state index contributed by atoms with van der Waals surface area (Å²) in [5.74, 6) is 1.14. The Kier molecular flexibility index (Phi) is 6.43. The number of nitrogens with one attached hydrogen (secondary N) is 4. The molecule has 0 aromatic carbocycles. The van der Waals surface area contributed by atoms with E-state index >= 15 is 0 Å². The maximum Gasteiger partial charge on any atom is 0.230 e. The molecule has 1 saturated heterocycles. The number of carbonyl (C=O) groups is 1. The zero-order valence-electron chi connectivity index (χ0n) is 12.3. The molecule has 1 aromatic heterocycles. The molecule has 0 aliphatic carbocycles. The number of hydrogen-bond acceptors (Lipinski definition) is 7. The molecule has 2 heterocycles. The van der Waals surface area contributed by atoms with Gasteiger partial charge < -0.3 is 10.1 Å². The lowest BCUT2D eigenvalue weighted by atomic mass is 10.1. The second-order valence-electron chi connectivity index (χ2n) is 4.88. The van der Waals surface area contributed by atoms with Gasteiger partial charge in [0, 0.05) is 32.2 Å². The Morgan fingerprint density at radius 1 is 1.48 bits per heavy atom. The smallest absolute Gasteiger partial charge is 0.230 e. The number of carbonyl (C=O) groups excluding carboxylic acids is 1. The van der Waals surface area contributed by atoms with E-state index in [2.05, 4.69) is 31.3 Å². The second-order valence-corrected chi connectivity index (χ2v) is 5.83. The van der Waals surface area contributed by atoms with Crippen LogP contribution in [0.25, 0.3) is 0 Å². The standard InChI is InChI=1S/C12H22N6O2S/c1-3-10-14-12(18-17-10)21-7-11(19)13-5-8-4-9(6-20-2)16-15-8/h8-9,15-16H,3-7H2,1-2H3,(H,13,19)(H,14,17,18). The molecule has 1 aliphatic rings. The molecule has 9 heteroatoms. The van der Waals surface area contributed by atoms with E-state index in [1.807, 2.05) is 6.92 Å². The van der Waals surface area contributed by atoms with Crippen LogP contribution in [0.4, 0.5) is 0 Å². The van der Waals surface area contributed by atoms with E-state index in [1.54, 1.807) is 7.11 Å². The van der Waals surface area contributed by atoms with E-state index in [0.29, 0.717) is 30.1 Å². The van der Waals surface area contributed by atoms with E-state index < -0.39 is 0 Å². The number of aromatic amines is 1. The van der Waals surface area contributed by atoms with Gasteiger partial charge in [-0.2, -0.15) is 0 Å². The molecule has 2 unspecified atom stereocenters. The Morgan fingerprint density at radius 2 is 2.29 bits per heavy atom. The number of hydrazine groups is 1. The van der Waals surface area contributed by atoms with Gasteiger partial charge in [0.2, 0.25) is 11.1 Å². The highest BCUT2D eigenvalue weighted by Gasteiger charge is 2.23. The number of ether oxygens (including phenoxy) is 1. The number of thioether (sulfide) groups is 1. The summed E-state index contributed by atoms with van der Waals surface area (Å²) in [5.41, 5.74) is 6.29.